The number of pyridine rings is 1. The highest BCUT2D eigenvalue weighted by atomic mass is 35.5. The van der Waals surface area contributed by atoms with Crippen molar-refractivity contribution in [3.8, 4) is 17.1 Å². The van der Waals surface area contributed by atoms with Gasteiger partial charge in [0.05, 0.1) is 18.6 Å². The Morgan fingerprint density at radius 1 is 1.23 bits per heavy atom. The van der Waals surface area contributed by atoms with Crippen LogP contribution in [0.15, 0.2) is 47.9 Å². The van der Waals surface area contributed by atoms with E-state index in [1.165, 1.54) is 37.7 Å². The summed E-state index contributed by atoms with van der Waals surface area (Å²) in [6.45, 7) is -1.29. The Balaban J connectivity index is 1.77. The molecule has 1 aromatic carbocycles. The molecule has 7 nitrogen and oxygen atoms in total. The molecule has 3 aromatic rings. The van der Waals surface area contributed by atoms with Crippen molar-refractivity contribution in [1.29, 1.82) is 0 Å². The molecule has 3 rings (SSSR count). The van der Waals surface area contributed by atoms with Gasteiger partial charge < -0.3 is 10.1 Å². The molecule has 1 N–H and O–H groups in total. The number of nitrogens with zero attached hydrogens (tertiary/aromatic N) is 4. The molecule has 0 spiro atoms. The molecule has 0 atom stereocenters. The average molecular weight is 458 g/mol. The van der Waals surface area contributed by atoms with Gasteiger partial charge in [-0.1, -0.05) is 23.4 Å². The van der Waals surface area contributed by atoms with E-state index in [4.69, 9.17) is 16.3 Å². The first kappa shape index (κ1) is 21.9. The predicted octanol–water partition coefficient (Wildman–Crippen LogP) is 4.30. The van der Waals surface area contributed by atoms with Crippen LogP contribution in [-0.2, 0) is 11.3 Å². The first-order valence-corrected chi connectivity index (χ1v) is 9.79. The minimum Gasteiger partial charge on any atom is -0.495 e. The number of anilines is 1. The summed E-state index contributed by atoms with van der Waals surface area (Å²) in [5, 5.41) is 10.7. The van der Waals surface area contributed by atoms with Gasteiger partial charge in [0.15, 0.2) is 11.0 Å². The fourth-order valence-corrected chi connectivity index (χ4v) is 3.44. The van der Waals surface area contributed by atoms with Gasteiger partial charge in [0, 0.05) is 23.0 Å². The second-order valence-electron chi connectivity index (χ2n) is 5.92. The molecule has 0 saturated heterocycles. The van der Waals surface area contributed by atoms with E-state index in [0.717, 1.165) is 16.3 Å². The molecule has 0 aliphatic heterocycles. The van der Waals surface area contributed by atoms with Gasteiger partial charge in [-0.3, -0.25) is 14.3 Å². The number of nitrogens with one attached hydrogen (secondary N) is 1. The standard InChI is InChI=1S/C18H15ClF3N5O2S/c1-29-14-3-2-12(19)8-13(14)24-15(28)9-30-17-26-25-16(11-4-6-23-7-5-11)27(17)10-18(20,21)22/h2-8H,9-10H2,1H3,(H,24,28). The number of rotatable bonds is 7. The molecule has 0 aliphatic rings. The second kappa shape index (κ2) is 9.35. The molecule has 30 heavy (non-hydrogen) atoms. The van der Waals surface area contributed by atoms with Gasteiger partial charge in [0.2, 0.25) is 5.91 Å². The molecule has 2 heterocycles. The Hall–Kier alpha value is -2.79. The quantitative estimate of drug-likeness (QED) is 0.533. The van der Waals surface area contributed by atoms with Crippen LogP contribution in [0.2, 0.25) is 5.02 Å². The average Bonchev–Trinajstić information content (AvgIpc) is 3.08. The lowest BCUT2D eigenvalue weighted by molar-refractivity contribution is -0.141. The van der Waals surface area contributed by atoms with E-state index in [-0.39, 0.29) is 16.7 Å². The number of benzene rings is 1. The Morgan fingerprint density at radius 2 is 1.97 bits per heavy atom. The number of carbonyl (C=O) groups is 1. The lowest BCUT2D eigenvalue weighted by Gasteiger charge is -2.13. The molecule has 2 aromatic heterocycles. The molecular weight excluding hydrogens is 443 g/mol. The number of thioether (sulfide) groups is 1. The van der Waals surface area contributed by atoms with Crippen molar-refractivity contribution in [2.75, 3.05) is 18.2 Å². The van der Waals surface area contributed by atoms with Crippen LogP contribution >= 0.6 is 23.4 Å². The molecule has 0 saturated carbocycles. The lowest BCUT2D eigenvalue weighted by atomic mass is 10.2. The molecular formula is C18H15ClF3N5O2S. The maximum absolute atomic E-state index is 13.1. The van der Waals surface area contributed by atoms with Crippen LogP contribution in [-0.4, -0.2) is 44.7 Å². The number of ether oxygens (including phenoxy) is 1. The number of aromatic nitrogens is 4. The number of amides is 1. The molecule has 0 aliphatic carbocycles. The predicted molar refractivity (Wildman–Crippen MR) is 107 cm³/mol. The maximum Gasteiger partial charge on any atom is 0.406 e. The summed E-state index contributed by atoms with van der Waals surface area (Å²) in [6, 6.07) is 7.76. The van der Waals surface area contributed by atoms with E-state index < -0.39 is 18.6 Å². The van der Waals surface area contributed by atoms with Crippen molar-refractivity contribution in [1.82, 2.24) is 19.7 Å². The summed E-state index contributed by atoms with van der Waals surface area (Å²) < 4.78 is 45.4. The summed E-state index contributed by atoms with van der Waals surface area (Å²) in [5.74, 6) is -0.221. The van der Waals surface area contributed by atoms with Gasteiger partial charge in [0.25, 0.3) is 0 Å². The Labute approximate surface area is 178 Å². The largest absolute Gasteiger partial charge is 0.495 e. The van der Waals surface area contributed by atoms with Crippen LogP contribution in [0.3, 0.4) is 0 Å². The Morgan fingerprint density at radius 3 is 2.63 bits per heavy atom. The molecule has 0 unspecified atom stereocenters. The number of halogens is 4. The summed E-state index contributed by atoms with van der Waals surface area (Å²) in [5.41, 5.74) is 0.784. The fraction of sp³-hybridized carbons (Fsp3) is 0.222. The molecule has 12 heteroatoms. The minimum absolute atomic E-state index is 0.0349. The van der Waals surface area contributed by atoms with Crippen molar-refractivity contribution < 1.29 is 22.7 Å². The zero-order valence-electron chi connectivity index (χ0n) is 15.5. The zero-order chi connectivity index (χ0) is 21.7. The van der Waals surface area contributed by atoms with Gasteiger partial charge >= 0.3 is 6.18 Å². The van der Waals surface area contributed by atoms with Crippen molar-refractivity contribution in [3.05, 3.63) is 47.7 Å². The van der Waals surface area contributed by atoms with Crippen LogP contribution in [0.1, 0.15) is 0 Å². The van der Waals surface area contributed by atoms with Gasteiger partial charge in [-0.2, -0.15) is 13.2 Å². The number of methoxy groups -OCH3 is 1. The smallest absolute Gasteiger partial charge is 0.406 e. The van der Waals surface area contributed by atoms with E-state index in [0.29, 0.717) is 22.0 Å². The molecule has 0 fully saturated rings. The van der Waals surface area contributed by atoms with Gasteiger partial charge in [0.1, 0.15) is 12.3 Å². The molecule has 1 amide bonds. The minimum atomic E-state index is -4.49. The topological polar surface area (TPSA) is 81.9 Å². The monoisotopic (exact) mass is 457 g/mol. The van der Waals surface area contributed by atoms with Crippen LogP contribution < -0.4 is 10.1 Å². The van der Waals surface area contributed by atoms with Gasteiger partial charge in [-0.25, -0.2) is 0 Å². The van der Waals surface area contributed by atoms with E-state index in [2.05, 4.69) is 20.5 Å². The van der Waals surface area contributed by atoms with E-state index in [9.17, 15) is 18.0 Å². The summed E-state index contributed by atoms with van der Waals surface area (Å²) in [7, 11) is 1.44. The van der Waals surface area contributed by atoms with Crippen molar-refractivity contribution in [2.24, 2.45) is 0 Å². The molecule has 0 radical (unpaired) electrons. The van der Waals surface area contributed by atoms with Crippen LogP contribution in [0, 0.1) is 0 Å². The summed E-state index contributed by atoms with van der Waals surface area (Å²) in [4.78, 5) is 16.2. The first-order valence-electron chi connectivity index (χ1n) is 8.43. The van der Waals surface area contributed by atoms with Crippen molar-refractivity contribution in [3.63, 3.8) is 0 Å². The third kappa shape index (κ3) is 5.63. The van der Waals surface area contributed by atoms with E-state index in [1.807, 2.05) is 0 Å². The normalized spacial score (nSPS) is 11.4. The SMILES string of the molecule is COc1ccc(Cl)cc1NC(=O)CSc1nnc(-c2ccncc2)n1CC(F)(F)F. The van der Waals surface area contributed by atoms with E-state index in [1.54, 1.807) is 12.1 Å². The zero-order valence-corrected chi connectivity index (χ0v) is 17.1. The lowest BCUT2D eigenvalue weighted by Crippen LogP contribution is -2.20. The Bertz CT molecular complexity index is 1030. The summed E-state index contributed by atoms with van der Waals surface area (Å²) >= 11 is 6.76. The third-order valence-electron chi connectivity index (χ3n) is 3.76. The highest BCUT2D eigenvalue weighted by Crippen LogP contribution is 2.30. The van der Waals surface area contributed by atoms with Crippen molar-refractivity contribution in [2.45, 2.75) is 17.9 Å². The fourth-order valence-electron chi connectivity index (χ4n) is 2.53. The number of hydrogen-bond donors (Lipinski definition) is 1. The van der Waals surface area contributed by atoms with Gasteiger partial charge in [-0.05, 0) is 30.3 Å². The highest BCUT2D eigenvalue weighted by Gasteiger charge is 2.31. The number of alkyl halides is 3. The van der Waals surface area contributed by atoms with Crippen LogP contribution in [0.4, 0.5) is 18.9 Å². The third-order valence-corrected chi connectivity index (χ3v) is 4.96. The second-order valence-corrected chi connectivity index (χ2v) is 7.30. The summed E-state index contributed by atoms with van der Waals surface area (Å²) in [6.07, 6.45) is -1.60. The highest BCUT2D eigenvalue weighted by molar-refractivity contribution is 7.99. The Kier molecular flexibility index (Phi) is 6.83. The maximum atomic E-state index is 13.1. The van der Waals surface area contributed by atoms with Crippen molar-refractivity contribution >= 4 is 35.0 Å². The molecule has 158 valence electrons. The van der Waals surface area contributed by atoms with Gasteiger partial charge in [-0.15, -0.1) is 10.2 Å². The van der Waals surface area contributed by atoms with E-state index >= 15 is 0 Å². The molecule has 0 bridgehead atoms. The van der Waals surface area contributed by atoms with Crippen LogP contribution in [0.25, 0.3) is 11.4 Å². The van der Waals surface area contributed by atoms with Crippen LogP contribution in [0.5, 0.6) is 5.75 Å². The first-order chi connectivity index (χ1) is 14.3. The number of hydrogen-bond acceptors (Lipinski definition) is 6. The number of carbonyl (C=O) groups excluding carboxylic acids is 1.